The minimum absolute atomic E-state index is 0.0218. The highest BCUT2D eigenvalue weighted by Gasteiger charge is 2.18. The van der Waals surface area contributed by atoms with Gasteiger partial charge in [-0.3, -0.25) is 9.59 Å². The number of carbonyl (C=O) groups excluding carboxylic acids is 2. The monoisotopic (exact) mass is 464 g/mol. The quantitative estimate of drug-likeness (QED) is 0.248. The van der Waals surface area contributed by atoms with Crippen molar-refractivity contribution in [2.24, 2.45) is 11.7 Å². The van der Waals surface area contributed by atoms with Crippen molar-refractivity contribution in [1.29, 1.82) is 0 Å². The molecule has 0 aliphatic carbocycles. The number of nitrogens with one attached hydrogen (secondary N) is 1. The fourth-order valence-corrected chi connectivity index (χ4v) is 4.33. The number of ketones is 1. The Bertz CT molecular complexity index is 817. The Balaban J connectivity index is 1.74. The molecule has 1 atom stereocenters. The summed E-state index contributed by atoms with van der Waals surface area (Å²) in [5.41, 5.74) is 8.93. The first-order valence-corrected chi connectivity index (χ1v) is 13.3. The van der Waals surface area contributed by atoms with E-state index in [1.54, 1.807) is 0 Å². The van der Waals surface area contributed by atoms with Gasteiger partial charge in [0.1, 0.15) is 5.78 Å². The first kappa shape index (κ1) is 27.8. The predicted molar refractivity (Wildman–Crippen MR) is 143 cm³/mol. The predicted octanol–water partition coefficient (Wildman–Crippen LogP) is 6.47. The molecule has 0 aromatic heterocycles. The number of unbranched alkanes of at least 4 members (excludes halogenated alkanes) is 5. The molecule has 0 spiro atoms. The van der Waals surface area contributed by atoms with Crippen LogP contribution in [0.3, 0.4) is 0 Å². The summed E-state index contributed by atoms with van der Waals surface area (Å²) >= 11 is 0. The van der Waals surface area contributed by atoms with Gasteiger partial charge in [0.2, 0.25) is 5.91 Å². The number of amides is 1. The van der Waals surface area contributed by atoms with Gasteiger partial charge < -0.3 is 11.1 Å². The zero-order chi connectivity index (χ0) is 24.4. The van der Waals surface area contributed by atoms with Gasteiger partial charge in [0.25, 0.3) is 0 Å². The average molecular weight is 465 g/mol. The molecule has 1 unspecified atom stereocenters. The van der Waals surface area contributed by atoms with Crippen molar-refractivity contribution in [3.63, 3.8) is 0 Å². The molecular weight excluding hydrogens is 420 g/mol. The molecule has 0 fully saturated rings. The number of Topliss-reactive ketones (excluding diaryl/α,β-unsaturated/α-hetero) is 1. The lowest BCUT2D eigenvalue weighted by Crippen LogP contribution is -2.31. The lowest BCUT2D eigenvalue weighted by molar-refractivity contribution is -0.126. The maximum absolute atomic E-state index is 12.7. The van der Waals surface area contributed by atoms with Crippen molar-refractivity contribution in [2.45, 2.75) is 84.0 Å². The first-order chi connectivity index (χ1) is 16.6. The number of carbonyl (C=O) groups is 2. The summed E-state index contributed by atoms with van der Waals surface area (Å²) in [5.74, 6) is 0.438. The van der Waals surface area contributed by atoms with Gasteiger partial charge in [-0.2, -0.15) is 0 Å². The first-order valence-electron chi connectivity index (χ1n) is 13.3. The fraction of sp³-hybridized carbons (Fsp3) is 0.533. The topological polar surface area (TPSA) is 72.2 Å². The molecule has 0 aliphatic rings. The molecule has 2 rings (SSSR count). The normalized spacial score (nSPS) is 11.8. The van der Waals surface area contributed by atoms with Crippen LogP contribution in [0.5, 0.6) is 0 Å². The second-order valence-electron chi connectivity index (χ2n) is 9.36. The van der Waals surface area contributed by atoms with Gasteiger partial charge in [0, 0.05) is 25.3 Å². The molecule has 34 heavy (non-hydrogen) atoms. The van der Waals surface area contributed by atoms with E-state index >= 15 is 0 Å². The maximum Gasteiger partial charge on any atom is 0.223 e. The number of hydrogen-bond acceptors (Lipinski definition) is 3. The van der Waals surface area contributed by atoms with Crippen LogP contribution in [0.2, 0.25) is 0 Å². The molecule has 4 heteroatoms. The van der Waals surface area contributed by atoms with E-state index in [0.717, 1.165) is 88.4 Å². The van der Waals surface area contributed by atoms with Crippen molar-refractivity contribution in [3.05, 3.63) is 60.2 Å². The summed E-state index contributed by atoms with van der Waals surface area (Å²) in [4.78, 5) is 25.3. The van der Waals surface area contributed by atoms with E-state index in [4.69, 9.17) is 5.73 Å². The van der Waals surface area contributed by atoms with E-state index in [1.165, 1.54) is 5.56 Å². The number of hydrogen-bond donors (Lipinski definition) is 2. The summed E-state index contributed by atoms with van der Waals surface area (Å²) in [7, 11) is 0. The number of rotatable bonds is 18. The van der Waals surface area contributed by atoms with Gasteiger partial charge in [-0.1, -0.05) is 93.6 Å². The molecule has 0 bridgehead atoms. The lowest BCUT2D eigenvalue weighted by Gasteiger charge is -2.17. The highest BCUT2D eigenvalue weighted by atomic mass is 16.2. The summed E-state index contributed by atoms with van der Waals surface area (Å²) in [6, 6.07) is 18.5. The van der Waals surface area contributed by atoms with Crippen molar-refractivity contribution < 1.29 is 9.59 Å². The SMILES string of the molecule is CCCCCC(CCCC(=O)Cc1ccc(-c2ccccc2)cc1)C(=O)NCCCCCCN. The highest BCUT2D eigenvalue weighted by Crippen LogP contribution is 2.21. The van der Waals surface area contributed by atoms with Crippen LogP contribution >= 0.6 is 0 Å². The van der Waals surface area contributed by atoms with Gasteiger partial charge >= 0.3 is 0 Å². The standard InChI is InChI=1S/C30H44N2O2/c1-2-3-7-15-28(30(34)32-23-11-5-4-10-22-31)16-12-17-29(33)24-25-18-20-27(21-19-25)26-13-8-6-9-14-26/h6,8-9,13-14,18-21,28H,2-5,7,10-12,15-17,22-24,31H2,1H3,(H,32,34). The van der Waals surface area contributed by atoms with Gasteiger partial charge in [-0.05, 0) is 55.3 Å². The van der Waals surface area contributed by atoms with Crippen molar-refractivity contribution in [1.82, 2.24) is 5.32 Å². The van der Waals surface area contributed by atoms with Crippen LogP contribution in [-0.4, -0.2) is 24.8 Å². The molecule has 0 saturated heterocycles. The van der Waals surface area contributed by atoms with Crippen LogP contribution in [0.4, 0.5) is 0 Å². The van der Waals surface area contributed by atoms with Crippen LogP contribution in [0.1, 0.15) is 83.1 Å². The molecule has 4 nitrogen and oxygen atoms in total. The molecule has 2 aromatic carbocycles. The summed E-state index contributed by atoms with van der Waals surface area (Å²) in [5, 5.41) is 3.13. The molecule has 186 valence electrons. The molecule has 2 aromatic rings. The van der Waals surface area contributed by atoms with E-state index in [2.05, 4.69) is 48.6 Å². The third-order valence-corrected chi connectivity index (χ3v) is 6.43. The molecule has 0 heterocycles. The highest BCUT2D eigenvalue weighted by molar-refractivity contribution is 5.81. The smallest absolute Gasteiger partial charge is 0.223 e. The molecule has 0 radical (unpaired) electrons. The summed E-state index contributed by atoms with van der Waals surface area (Å²) in [6.45, 7) is 3.66. The number of benzene rings is 2. The molecule has 0 saturated carbocycles. The van der Waals surface area contributed by atoms with Crippen molar-refractivity contribution >= 4 is 11.7 Å². The Morgan fingerprint density at radius 1 is 0.794 bits per heavy atom. The minimum Gasteiger partial charge on any atom is -0.356 e. The Morgan fingerprint density at radius 2 is 1.47 bits per heavy atom. The van der Waals surface area contributed by atoms with E-state index in [9.17, 15) is 9.59 Å². The second-order valence-corrected chi connectivity index (χ2v) is 9.36. The summed E-state index contributed by atoms with van der Waals surface area (Å²) in [6.07, 6.45) is 11.2. The van der Waals surface area contributed by atoms with Crippen molar-refractivity contribution in [3.8, 4) is 11.1 Å². The average Bonchev–Trinajstić information content (AvgIpc) is 2.86. The molecule has 0 aliphatic heterocycles. The largest absolute Gasteiger partial charge is 0.356 e. The van der Waals surface area contributed by atoms with E-state index in [0.29, 0.717) is 12.8 Å². The molecule has 3 N–H and O–H groups in total. The summed E-state index contributed by atoms with van der Waals surface area (Å²) < 4.78 is 0. The van der Waals surface area contributed by atoms with Crippen LogP contribution in [0.25, 0.3) is 11.1 Å². The lowest BCUT2D eigenvalue weighted by atomic mass is 9.93. The third-order valence-electron chi connectivity index (χ3n) is 6.43. The minimum atomic E-state index is 0.0218. The van der Waals surface area contributed by atoms with Crippen LogP contribution in [-0.2, 0) is 16.0 Å². The van der Waals surface area contributed by atoms with Gasteiger partial charge in [-0.15, -0.1) is 0 Å². The third kappa shape index (κ3) is 11.1. The Kier molecular flexibility index (Phi) is 13.9. The zero-order valence-electron chi connectivity index (χ0n) is 21.1. The van der Waals surface area contributed by atoms with Gasteiger partial charge in [0.15, 0.2) is 0 Å². The van der Waals surface area contributed by atoms with Gasteiger partial charge in [0.05, 0.1) is 0 Å². The Labute approximate surface area is 206 Å². The van der Waals surface area contributed by atoms with Crippen molar-refractivity contribution in [2.75, 3.05) is 13.1 Å². The maximum atomic E-state index is 12.7. The van der Waals surface area contributed by atoms with E-state index < -0.39 is 0 Å². The van der Waals surface area contributed by atoms with Crippen LogP contribution in [0.15, 0.2) is 54.6 Å². The fourth-order valence-electron chi connectivity index (χ4n) is 4.33. The second kappa shape index (κ2) is 17.0. The van der Waals surface area contributed by atoms with E-state index in [-0.39, 0.29) is 17.6 Å². The number of nitrogens with two attached hydrogens (primary N) is 1. The Hall–Kier alpha value is -2.46. The van der Waals surface area contributed by atoms with E-state index in [1.807, 2.05) is 18.2 Å². The zero-order valence-corrected chi connectivity index (χ0v) is 21.1. The van der Waals surface area contributed by atoms with Crippen LogP contribution in [0, 0.1) is 5.92 Å². The molecule has 1 amide bonds. The Morgan fingerprint density at radius 3 is 2.18 bits per heavy atom. The van der Waals surface area contributed by atoms with Crippen LogP contribution < -0.4 is 11.1 Å². The van der Waals surface area contributed by atoms with Gasteiger partial charge in [-0.25, -0.2) is 0 Å². The molecular formula is C30H44N2O2.